The summed E-state index contributed by atoms with van der Waals surface area (Å²) in [7, 11) is -1.89. The number of hydrogen-bond donors (Lipinski definition) is 1. The monoisotopic (exact) mass is 340 g/mol. The van der Waals surface area contributed by atoms with Gasteiger partial charge in [0.25, 0.3) is 0 Å². The second-order valence-corrected chi connectivity index (χ2v) is 7.66. The topological polar surface area (TPSA) is 68.3 Å². The lowest BCUT2D eigenvalue weighted by Gasteiger charge is -2.15. The summed E-state index contributed by atoms with van der Waals surface area (Å²) < 4.78 is 32.6. The number of aryl methyl sites for hydroxylation is 1. The summed E-state index contributed by atoms with van der Waals surface area (Å²) in [5.74, 6) is 0.570. The van der Waals surface area contributed by atoms with Gasteiger partial charge in [-0.3, -0.25) is 0 Å². The Kier molecular flexibility index (Phi) is 5.55. The van der Waals surface area contributed by atoms with Crippen LogP contribution in [0, 0.1) is 6.92 Å². The molecule has 1 heterocycles. The first kappa shape index (κ1) is 16.9. The van der Waals surface area contributed by atoms with E-state index < -0.39 is 10.0 Å². The minimum Gasteiger partial charge on any atom is -0.497 e. The third kappa shape index (κ3) is 4.53. The van der Waals surface area contributed by atoms with Gasteiger partial charge in [-0.25, -0.2) is 18.1 Å². The van der Waals surface area contributed by atoms with E-state index in [-0.39, 0.29) is 11.8 Å². The molecule has 1 unspecified atom stereocenters. The van der Waals surface area contributed by atoms with E-state index >= 15 is 0 Å². The van der Waals surface area contributed by atoms with Crippen LogP contribution in [-0.4, -0.2) is 20.5 Å². The number of sulfonamides is 1. The minimum absolute atomic E-state index is 0.0783. The van der Waals surface area contributed by atoms with Crippen LogP contribution in [0.2, 0.25) is 0 Å². The van der Waals surface area contributed by atoms with Crippen LogP contribution >= 0.6 is 11.3 Å². The fraction of sp³-hybridized carbons (Fsp3) is 0.400. The highest BCUT2D eigenvalue weighted by atomic mass is 32.2. The molecule has 2 aromatic rings. The summed E-state index contributed by atoms with van der Waals surface area (Å²) in [6.45, 7) is 3.84. The summed E-state index contributed by atoms with van der Waals surface area (Å²) in [5, 5.41) is 2.73. The molecule has 2 rings (SSSR count). The van der Waals surface area contributed by atoms with Crippen molar-refractivity contribution in [1.29, 1.82) is 0 Å². The number of methoxy groups -OCH3 is 1. The molecule has 0 spiro atoms. The fourth-order valence-electron chi connectivity index (χ4n) is 2.08. The van der Waals surface area contributed by atoms with E-state index in [4.69, 9.17) is 4.74 Å². The van der Waals surface area contributed by atoms with Gasteiger partial charge in [0, 0.05) is 11.1 Å². The van der Waals surface area contributed by atoms with Gasteiger partial charge in [0.2, 0.25) is 10.0 Å². The van der Waals surface area contributed by atoms with Crippen molar-refractivity contribution in [2.24, 2.45) is 0 Å². The van der Waals surface area contributed by atoms with Crippen LogP contribution in [0.3, 0.4) is 0 Å². The lowest BCUT2D eigenvalue weighted by Crippen LogP contribution is -2.29. The third-order valence-corrected chi connectivity index (χ3v) is 5.59. The zero-order valence-electron chi connectivity index (χ0n) is 12.9. The zero-order valence-corrected chi connectivity index (χ0v) is 14.5. The predicted octanol–water partition coefficient (Wildman–Crippen LogP) is 3.03. The quantitative estimate of drug-likeness (QED) is 0.841. The van der Waals surface area contributed by atoms with Crippen LogP contribution in [0.1, 0.15) is 35.7 Å². The van der Waals surface area contributed by atoms with Gasteiger partial charge in [-0.05, 0) is 31.0 Å². The molecular formula is C15H20N2O3S2. The Morgan fingerprint density at radius 3 is 2.77 bits per heavy atom. The van der Waals surface area contributed by atoms with E-state index in [2.05, 4.69) is 9.71 Å². The maximum atomic E-state index is 12.4. The molecule has 0 amide bonds. The molecule has 7 heteroatoms. The summed E-state index contributed by atoms with van der Waals surface area (Å²) in [5.41, 5.74) is 1.60. The minimum atomic E-state index is -3.45. The molecular weight excluding hydrogens is 320 g/mol. The predicted molar refractivity (Wildman–Crippen MR) is 88.6 cm³/mol. The number of nitrogens with one attached hydrogen (secondary N) is 1. The second kappa shape index (κ2) is 7.21. The molecule has 0 fully saturated rings. The second-order valence-electron chi connectivity index (χ2n) is 5.02. The highest BCUT2D eigenvalue weighted by Gasteiger charge is 2.21. The molecule has 0 saturated heterocycles. The summed E-state index contributed by atoms with van der Waals surface area (Å²) >= 11 is 1.48. The molecule has 0 saturated carbocycles. The summed E-state index contributed by atoms with van der Waals surface area (Å²) in [4.78, 5) is 4.37. The molecule has 1 N–H and O–H groups in total. The van der Waals surface area contributed by atoms with Crippen LogP contribution < -0.4 is 9.46 Å². The Labute approximate surface area is 135 Å². The van der Waals surface area contributed by atoms with Gasteiger partial charge >= 0.3 is 0 Å². The first-order valence-electron chi connectivity index (χ1n) is 6.98. The van der Waals surface area contributed by atoms with E-state index in [9.17, 15) is 8.42 Å². The number of benzene rings is 1. The van der Waals surface area contributed by atoms with Crippen molar-refractivity contribution < 1.29 is 13.2 Å². The largest absolute Gasteiger partial charge is 0.497 e. The molecule has 120 valence electrons. The van der Waals surface area contributed by atoms with E-state index in [1.807, 2.05) is 19.2 Å². The van der Waals surface area contributed by atoms with Crippen LogP contribution in [-0.2, 0) is 15.8 Å². The van der Waals surface area contributed by atoms with Gasteiger partial charge in [0.1, 0.15) is 10.8 Å². The van der Waals surface area contributed by atoms with Gasteiger partial charge in [0.05, 0.1) is 18.9 Å². The average molecular weight is 340 g/mol. The Hall–Kier alpha value is -1.44. The summed E-state index contributed by atoms with van der Waals surface area (Å²) in [6.07, 6.45) is 0.657. The standard InChI is InChI=1S/C15H20N2O3S2/c1-4-14(15-16-11(2)9-21-15)17-22(18,19)10-12-6-5-7-13(8-12)20-3/h5-9,14,17H,4,10H2,1-3H3. The zero-order chi connectivity index (χ0) is 16.2. The van der Waals surface area contributed by atoms with Crippen molar-refractivity contribution in [2.75, 3.05) is 7.11 Å². The Morgan fingerprint density at radius 1 is 1.41 bits per heavy atom. The summed E-state index contributed by atoms with van der Waals surface area (Å²) in [6, 6.07) is 6.79. The smallest absolute Gasteiger partial charge is 0.216 e. The third-order valence-electron chi connectivity index (χ3n) is 3.16. The Bertz CT molecular complexity index is 726. The molecule has 0 aliphatic carbocycles. The average Bonchev–Trinajstić information content (AvgIpc) is 2.91. The van der Waals surface area contributed by atoms with E-state index in [0.29, 0.717) is 17.7 Å². The van der Waals surface area contributed by atoms with E-state index in [1.54, 1.807) is 31.4 Å². The van der Waals surface area contributed by atoms with Gasteiger partial charge < -0.3 is 4.74 Å². The number of nitrogens with zero attached hydrogens (tertiary/aromatic N) is 1. The molecule has 22 heavy (non-hydrogen) atoms. The van der Waals surface area contributed by atoms with Crippen LogP contribution in [0.4, 0.5) is 0 Å². The highest BCUT2D eigenvalue weighted by Crippen LogP contribution is 2.23. The van der Waals surface area contributed by atoms with Crippen LogP contribution in [0.5, 0.6) is 5.75 Å². The highest BCUT2D eigenvalue weighted by molar-refractivity contribution is 7.88. The lowest BCUT2D eigenvalue weighted by atomic mass is 10.2. The molecule has 0 aliphatic heterocycles. The Morgan fingerprint density at radius 2 is 2.18 bits per heavy atom. The first-order chi connectivity index (χ1) is 10.4. The fourth-order valence-corrected chi connectivity index (χ4v) is 4.50. The van der Waals surface area contributed by atoms with Gasteiger partial charge in [-0.2, -0.15) is 0 Å². The van der Waals surface area contributed by atoms with Gasteiger partial charge in [0.15, 0.2) is 0 Å². The van der Waals surface area contributed by atoms with Gasteiger partial charge in [-0.1, -0.05) is 19.1 Å². The maximum Gasteiger partial charge on any atom is 0.216 e. The van der Waals surface area contributed by atoms with Crippen molar-refractivity contribution >= 4 is 21.4 Å². The van der Waals surface area contributed by atoms with Crippen LogP contribution in [0.25, 0.3) is 0 Å². The van der Waals surface area contributed by atoms with Gasteiger partial charge in [-0.15, -0.1) is 11.3 Å². The number of thiazole rings is 1. The van der Waals surface area contributed by atoms with Crippen LogP contribution in [0.15, 0.2) is 29.6 Å². The van der Waals surface area contributed by atoms with E-state index in [1.165, 1.54) is 11.3 Å². The van der Waals surface area contributed by atoms with E-state index in [0.717, 1.165) is 10.7 Å². The maximum absolute atomic E-state index is 12.4. The lowest BCUT2D eigenvalue weighted by molar-refractivity contribution is 0.414. The molecule has 1 atom stereocenters. The number of ether oxygens (including phenoxy) is 1. The van der Waals surface area contributed by atoms with Crippen molar-refractivity contribution in [2.45, 2.75) is 32.1 Å². The molecule has 0 radical (unpaired) electrons. The van der Waals surface area contributed by atoms with Crippen molar-refractivity contribution in [1.82, 2.24) is 9.71 Å². The van der Waals surface area contributed by atoms with Crippen molar-refractivity contribution in [3.05, 3.63) is 45.9 Å². The Balaban J connectivity index is 2.12. The van der Waals surface area contributed by atoms with Crippen molar-refractivity contribution in [3.63, 3.8) is 0 Å². The normalized spacial score (nSPS) is 13.0. The number of hydrogen-bond acceptors (Lipinski definition) is 5. The molecule has 0 bridgehead atoms. The number of aromatic nitrogens is 1. The molecule has 5 nitrogen and oxygen atoms in total. The first-order valence-corrected chi connectivity index (χ1v) is 9.51. The molecule has 0 aliphatic rings. The molecule has 1 aromatic carbocycles. The molecule has 1 aromatic heterocycles. The SMILES string of the molecule is CCC(NS(=O)(=O)Cc1cccc(OC)c1)c1nc(C)cs1. The number of rotatable bonds is 7. The van der Waals surface area contributed by atoms with Crippen molar-refractivity contribution in [3.8, 4) is 5.75 Å².